The molecule has 1 N–H and O–H groups in total. The standard InChI is InChI=1S/C19H18O10/c1-3-15(20)26-7-9-28-18(24)13-6-5-12(17(22)23)11-14(13)19(25)29-10-8-27-16(21)4-2/h3-6,11H,1-2,7-10H2,(H,22,23). The van der Waals surface area contributed by atoms with E-state index >= 15 is 0 Å². The van der Waals surface area contributed by atoms with Crippen molar-refractivity contribution in [3.63, 3.8) is 0 Å². The van der Waals surface area contributed by atoms with Crippen LogP contribution in [0.2, 0.25) is 0 Å². The van der Waals surface area contributed by atoms with Gasteiger partial charge in [0.2, 0.25) is 0 Å². The number of carboxylic acids is 1. The van der Waals surface area contributed by atoms with Crippen molar-refractivity contribution in [1.29, 1.82) is 0 Å². The zero-order valence-electron chi connectivity index (χ0n) is 15.3. The van der Waals surface area contributed by atoms with Crippen molar-refractivity contribution in [2.75, 3.05) is 26.4 Å². The fourth-order valence-corrected chi connectivity index (χ4v) is 1.85. The SMILES string of the molecule is C=CC(=O)OCCOC(=O)c1ccc(C(=O)O)cc1C(=O)OCCOC(=O)C=C. The minimum absolute atomic E-state index is 0.238. The third kappa shape index (κ3) is 7.67. The highest BCUT2D eigenvalue weighted by Gasteiger charge is 2.22. The number of carbonyl (C=O) groups excluding carboxylic acids is 4. The van der Waals surface area contributed by atoms with Crippen LogP contribution < -0.4 is 0 Å². The molecule has 0 aromatic heterocycles. The van der Waals surface area contributed by atoms with Crippen LogP contribution in [0.1, 0.15) is 31.1 Å². The van der Waals surface area contributed by atoms with Crippen LogP contribution in [-0.2, 0) is 28.5 Å². The van der Waals surface area contributed by atoms with E-state index < -0.39 is 29.8 Å². The van der Waals surface area contributed by atoms with Crippen LogP contribution >= 0.6 is 0 Å². The molecule has 0 aliphatic heterocycles. The lowest BCUT2D eigenvalue weighted by molar-refractivity contribution is -0.139. The Balaban J connectivity index is 2.84. The summed E-state index contributed by atoms with van der Waals surface area (Å²) in [6, 6.07) is 3.16. The number of benzene rings is 1. The van der Waals surface area contributed by atoms with E-state index in [-0.39, 0.29) is 43.1 Å². The molecule has 0 saturated heterocycles. The van der Waals surface area contributed by atoms with Crippen molar-refractivity contribution in [3.05, 3.63) is 60.2 Å². The molecular weight excluding hydrogens is 388 g/mol. The van der Waals surface area contributed by atoms with Gasteiger partial charge in [-0.15, -0.1) is 0 Å². The first-order valence-electron chi connectivity index (χ1n) is 8.10. The van der Waals surface area contributed by atoms with E-state index in [0.29, 0.717) is 0 Å². The Bertz CT molecular complexity index is 824. The summed E-state index contributed by atoms with van der Waals surface area (Å²) >= 11 is 0. The molecule has 10 heteroatoms. The molecule has 0 atom stereocenters. The number of hydrogen-bond donors (Lipinski definition) is 1. The molecule has 154 valence electrons. The molecule has 1 aromatic rings. The molecule has 1 aromatic carbocycles. The van der Waals surface area contributed by atoms with Crippen molar-refractivity contribution in [1.82, 2.24) is 0 Å². The summed E-state index contributed by atoms with van der Waals surface area (Å²) in [6.45, 7) is 5.28. The third-order valence-corrected chi connectivity index (χ3v) is 3.16. The van der Waals surface area contributed by atoms with Crippen LogP contribution in [0, 0.1) is 0 Å². The van der Waals surface area contributed by atoms with E-state index in [1.54, 1.807) is 0 Å². The van der Waals surface area contributed by atoms with Crippen LogP contribution in [0.25, 0.3) is 0 Å². The normalized spacial score (nSPS) is 9.66. The highest BCUT2D eigenvalue weighted by atomic mass is 16.6. The summed E-state index contributed by atoms with van der Waals surface area (Å²) in [4.78, 5) is 57.5. The van der Waals surface area contributed by atoms with Gasteiger partial charge in [-0.2, -0.15) is 0 Å². The van der Waals surface area contributed by atoms with Gasteiger partial charge in [-0.3, -0.25) is 0 Å². The summed E-state index contributed by atoms with van der Waals surface area (Å²) in [7, 11) is 0. The number of hydrogen-bond acceptors (Lipinski definition) is 9. The first-order chi connectivity index (χ1) is 13.8. The van der Waals surface area contributed by atoms with E-state index in [9.17, 15) is 24.0 Å². The molecule has 0 saturated carbocycles. The average molecular weight is 406 g/mol. The quantitative estimate of drug-likeness (QED) is 0.246. The van der Waals surface area contributed by atoms with Crippen molar-refractivity contribution in [3.8, 4) is 0 Å². The Hall–Kier alpha value is -3.95. The lowest BCUT2D eigenvalue weighted by Crippen LogP contribution is -2.19. The van der Waals surface area contributed by atoms with Crippen molar-refractivity contribution >= 4 is 29.8 Å². The number of carbonyl (C=O) groups is 5. The van der Waals surface area contributed by atoms with Gasteiger partial charge in [0.1, 0.15) is 26.4 Å². The van der Waals surface area contributed by atoms with E-state index in [4.69, 9.17) is 14.6 Å². The zero-order valence-corrected chi connectivity index (χ0v) is 15.3. The fourth-order valence-electron chi connectivity index (χ4n) is 1.85. The predicted molar refractivity (Wildman–Crippen MR) is 96.3 cm³/mol. The Labute approximate surface area is 165 Å². The van der Waals surface area contributed by atoms with Crippen LogP contribution in [0.3, 0.4) is 0 Å². The first-order valence-corrected chi connectivity index (χ1v) is 8.10. The zero-order chi connectivity index (χ0) is 21.8. The number of esters is 4. The van der Waals surface area contributed by atoms with Gasteiger partial charge in [-0.25, -0.2) is 24.0 Å². The molecule has 29 heavy (non-hydrogen) atoms. The number of rotatable bonds is 11. The van der Waals surface area contributed by atoms with Gasteiger partial charge < -0.3 is 24.1 Å². The monoisotopic (exact) mass is 406 g/mol. The van der Waals surface area contributed by atoms with Gasteiger partial charge in [0, 0.05) is 12.2 Å². The second-order valence-corrected chi connectivity index (χ2v) is 5.08. The van der Waals surface area contributed by atoms with Crippen LogP contribution in [0.15, 0.2) is 43.5 Å². The molecule has 0 aliphatic carbocycles. The Kier molecular flexibility index (Phi) is 9.31. The largest absolute Gasteiger partial charge is 0.478 e. The second kappa shape index (κ2) is 11.7. The van der Waals surface area contributed by atoms with Crippen molar-refractivity contribution in [2.45, 2.75) is 0 Å². The van der Waals surface area contributed by atoms with Gasteiger partial charge >= 0.3 is 29.8 Å². The minimum atomic E-state index is -1.32. The maximum atomic E-state index is 12.3. The molecule has 1 rings (SSSR count). The highest BCUT2D eigenvalue weighted by Crippen LogP contribution is 2.15. The van der Waals surface area contributed by atoms with Gasteiger partial charge in [-0.1, -0.05) is 13.2 Å². The maximum absolute atomic E-state index is 12.3. The molecule has 0 heterocycles. The van der Waals surface area contributed by atoms with Crippen molar-refractivity contribution in [2.24, 2.45) is 0 Å². The Morgan fingerprint density at radius 2 is 1.21 bits per heavy atom. The summed E-state index contributed by atoms with van der Waals surface area (Å²) in [5.41, 5.74) is -0.863. The molecule has 10 nitrogen and oxygen atoms in total. The lowest BCUT2D eigenvalue weighted by atomic mass is 10.0. The second-order valence-electron chi connectivity index (χ2n) is 5.08. The Morgan fingerprint density at radius 1 is 0.759 bits per heavy atom. The molecular formula is C19H18O10. The maximum Gasteiger partial charge on any atom is 0.339 e. The smallest absolute Gasteiger partial charge is 0.339 e. The van der Waals surface area contributed by atoms with Gasteiger partial charge in [0.25, 0.3) is 0 Å². The first kappa shape index (κ1) is 23.1. The summed E-state index contributed by atoms with van der Waals surface area (Å²) in [5.74, 6) is -4.71. The van der Waals surface area contributed by atoms with Gasteiger partial charge in [0.15, 0.2) is 0 Å². The van der Waals surface area contributed by atoms with Gasteiger partial charge in [0.05, 0.1) is 16.7 Å². The molecule has 0 spiro atoms. The van der Waals surface area contributed by atoms with Gasteiger partial charge in [-0.05, 0) is 18.2 Å². The predicted octanol–water partition coefficient (Wildman–Crippen LogP) is 1.16. The number of carboxylic acid groups (broad SMARTS) is 1. The molecule has 0 bridgehead atoms. The molecule has 0 fully saturated rings. The van der Waals surface area contributed by atoms with E-state index in [1.807, 2.05) is 0 Å². The molecule has 0 radical (unpaired) electrons. The minimum Gasteiger partial charge on any atom is -0.478 e. The summed E-state index contributed by atoms with van der Waals surface area (Å²) in [6.07, 6.45) is 1.87. The fraction of sp³-hybridized carbons (Fsp3) is 0.211. The van der Waals surface area contributed by atoms with E-state index in [1.165, 1.54) is 0 Å². The summed E-state index contributed by atoms with van der Waals surface area (Å²) < 4.78 is 19.1. The Morgan fingerprint density at radius 3 is 1.66 bits per heavy atom. The molecule has 0 unspecified atom stereocenters. The third-order valence-electron chi connectivity index (χ3n) is 3.16. The lowest BCUT2D eigenvalue weighted by Gasteiger charge is -2.11. The average Bonchev–Trinajstić information content (AvgIpc) is 2.72. The van der Waals surface area contributed by atoms with Crippen LogP contribution in [-0.4, -0.2) is 61.4 Å². The van der Waals surface area contributed by atoms with E-state index in [0.717, 1.165) is 30.4 Å². The number of aromatic carboxylic acids is 1. The van der Waals surface area contributed by atoms with Crippen LogP contribution in [0.5, 0.6) is 0 Å². The van der Waals surface area contributed by atoms with Crippen molar-refractivity contribution < 1.29 is 48.0 Å². The highest BCUT2D eigenvalue weighted by molar-refractivity contribution is 6.05. The number of ether oxygens (including phenoxy) is 4. The van der Waals surface area contributed by atoms with Crippen LogP contribution in [0.4, 0.5) is 0 Å². The molecule has 0 amide bonds. The van der Waals surface area contributed by atoms with E-state index in [2.05, 4.69) is 22.6 Å². The summed E-state index contributed by atoms with van der Waals surface area (Å²) in [5, 5.41) is 9.08. The topological polar surface area (TPSA) is 142 Å². The molecule has 0 aliphatic rings.